The molecule has 1 aromatic heterocycles. The second-order valence-electron chi connectivity index (χ2n) is 12.9. The lowest BCUT2D eigenvalue weighted by atomic mass is 10.0. The number of aromatic amines is 1. The van der Waals surface area contributed by atoms with E-state index in [-0.39, 0.29) is 25.8 Å². The van der Waals surface area contributed by atoms with E-state index in [9.17, 15) is 42.3 Å². The number of rotatable bonds is 17. The summed E-state index contributed by atoms with van der Waals surface area (Å²) in [6.45, 7) is 0.198. The number of aliphatic carboxylic acids is 1. The average molecular weight is 744 g/mol. The molecule has 0 unspecified atom stereocenters. The molecule has 5 aromatic rings. The molecule has 0 saturated heterocycles. The Balaban J connectivity index is 1.15. The van der Waals surface area contributed by atoms with Gasteiger partial charge in [0, 0.05) is 49.5 Å². The number of aromatic nitrogens is 1. The lowest BCUT2D eigenvalue weighted by Gasteiger charge is -2.19. The third-order valence-corrected chi connectivity index (χ3v) is 8.85. The van der Waals surface area contributed by atoms with Crippen molar-refractivity contribution in [1.29, 1.82) is 0 Å². The van der Waals surface area contributed by atoms with Crippen LogP contribution in [0.5, 0.6) is 0 Å². The van der Waals surface area contributed by atoms with E-state index in [1.54, 1.807) is 6.20 Å². The van der Waals surface area contributed by atoms with Gasteiger partial charge in [0.25, 0.3) is 0 Å². The topological polar surface area (TPSA) is 169 Å². The Morgan fingerprint density at radius 1 is 0.685 bits per heavy atom. The highest BCUT2D eigenvalue weighted by Crippen LogP contribution is 2.29. The van der Waals surface area contributed by atoms with Crippen LogP contribution in [0.1, 0.15) is 41.5 Å². The van der Waals surface area contributed by atoms with E-state index in [1.807, 2.05) is 60.7 Å². The number of fused-ring (bicyclic) bond motifs is 2. The van der Waals surface area contributed by atoms with Crippen LogP contribution in [0.3, 0.4) is 0 Å². The number of halogens is 3. The molecular weight excluding hydrogens is 703 g/mol. The molecule has 0 bridgehead atoms. The van der Waals surface area contributed by atoms with Gasteiger partial charge in [-0.05, 0) is 52.4 Å². The van der Waals surface area contributed by atoms with Crippen molar-refractivity contribution in [3.8, 4) is 0 Å². The fraction of sp³-hybridized carbons (Fsp3) is 0.275. The average Bonchev–Trinajstić information content (AvgIpc) is 3.55. The Morgan fingerprint density at radius 3 is 1.98 bits per heavy atom. The Labute approximate surface area is 308 Å². The second kappa shape index (κ2) is 18.0. The number of H-pyrrole nitrogens is 1. The van der Waals surface area contributed by atoms with Crippen LogP contribution in [-0.2, 0) is 49.4 Å². The van der Waals surface area contributed by atoms with Gasteiger partial charge in [-0.1, -0.05) is 78.9 Å². The molecule has 4 amide bonds. The normalized spacial score (nSPS) is 12.5. The van der Waals surface area contributed by atoms with Gasteiger partial charge in [0.2, 0.25) is 23.6 Å². The standard InChI is InChI=1S/C40H40F3N5O6/c41-40(42,43)30-9-5-6-25(21-30)16-18-45-39(54)34(23-37(51)52)48-36(50)15-14-35(49)47-33(22-29-24-46-32-11-4-3-10-31(29)32)38(53)44-19-17-26-12-13-27-7-1-2-8-28(27)20-26/h1-13,20-21,24,33-34,46H,14-19,22-23H2,(H,44,53)(H,45,54)(H,47,49)(H,48,50)(H,51,52)/t33-,34-/m0/s1. The smallest absolute Gasteiger partial charge is 0.416 e. The third kappa shape index (κ3) is 11.2. The molecule has 2 atom stereocenters. The van der Waals surface area contributed by atoms with Crippen molar-refractivity contribution in [3.05, 3.63) is 119 Å². The molecule has 282 valence electrons. The minimum atomic E-state index is -4.53. The maximum atomic E-state index is 13.5. The zero-order chi connectivity index (χ0) is 38.7. The minimum Gasteiger partial charge on any atom is -0.481 e. The summed E-state index contributed by atoms with van der Waals surface area (Å²) >= 11 is 0. The summed E-state index contributed by atoms with van der Waals surface area (Å²) in [5.74, 6) is -4.03. The molecule has 1 heterocycles. The summed E-state index contributed by atoms with van der Waals surface area (Å²) in [4.78, 5) is 66.8. The number of carbonyl (C=O) groups excluding carboxylic acids is 4. The van der Waals surface area contributed by atoms with E-state index in [2.05, 4.69) is 32.3 Å². The SMILES string of the molecule is O=C(O)C[C@H](NC(=O)CCC(=O)N[C@@H](Cc1c[nH]c2ccccc12)C(=O)NCCc1ccc2ccccc2c1)C(=O)NCCc1cccc(C(F)(F)F)c1. The lowest BCUT2D eigenvalue weighted by Crippen LogP contribution is -2.49. The van der Waals surface area contributed by atoms with Crippen molar-refractivity contribution in [2.45, 2.75) is 56.8 Å². The predicted octanol–water partition coefficient (Wildman–Crippen LogP) is 4.82. The molecule has 0 aliphatic carbocycles. The molecule has 0 radical (unpaired) electrons. The number of amides is 4. The van der Waals surface area contributed by atoms with Crippen LogP contribution in [0.25, 0.3) is 21.7 Å². The molecule has 0 aliphatic heterocycles. The van der Waals surface area contributed by atoms with E-state index in [0.29, 0.717) is 18.5 Å². The molecule has 0 fully saturated rings. The molecule has 0 saturated carbocycles. The van der Waals surface area contributed by atoms with Crippen molar-refractivity contribution >= 4 is 51.3 Å². The first kappa shape index (κ1) is 39.0. The summed E-state index contributed by atoms with van der Waals surface area (Å²) in [6.07, 6.45) is -3.56. The van der Waals surface area contributed by atoms with Gasteiger partial charge in [-0.25, -0.2) is 0 Å². The fourth-order valence-electron chi connectivity index (χ4n) is 6.08. The summed E-state index contributed by atoms with van der Waals surface area (Å²) in [5, 5.41) is 22.8. The summed E-state index contributed by atoms with van der Waals surface area (Å²) in [7, 11) is 0. The van der Waals surface area contributed by atoms with Gasteiger partial charge in [0.05, 0.1) is 12.0 Å². The van der Waals surface area contributed by atoms with E-state index >= 15 is 0 Å². The van der Waals surface area contributed by atoms with Crippen LogP contribution in [0.4, 0.5) is 13.2 Å². The molecule has 5 rings (SSSR count). The molecule has 11 nitrogen and oxygen atoms in total. The van der Waals surface area contributed by atoms with E-state index in [4.69, 9.17) is 0 Å². The number of hydrogen-bond donors (Lipinski definition) is 6. The zero-order valence-corrected chi connectivity index (χ0v) is 29.2. The largest absolute Gasteiger partial charge is 0.481 e. The Bertz CT molecular complexity index is 2130. The minimum absolute atomic E-state index is 0.0281. The van der Waals surface area contributed by atoms with Crippen molar-refractivity contribution in [2.75, 3.05) is 13.1 Å². The van der Waals surface area contributed by atoms with Crippen LogP contribution in [0, 0.1) is 0 Å². The van der Waals surface area contributed by atoms with Gasteiger partial charge >= 0.3 is 12.1 Å². The maximum Gasteiger partial charge on any atom is 0.416 e. The Kier molecular flexibility index (Phi) is 13.0. The van der Waals surface area contributed by atoms with Crippen molar-refractivity contribution in [1.82, 2.24) is 26.3 Å². The highest BCUT2D eigenvalue weighted by atomic mass is 19.4. The van der Waals surface area contributed by atoms with Crippen LogP contribution < -0.4 is 21.3 Å². The molecule has 54 heavy (non-hydrogen) atoms. The van der Waals surface area contributed by atoms with E-state index in [1.165, 1.54) is 12.1 Å². The summed E-state index contributed by atoms with van der Waals surface area (Å²) in [5.41, 5.74) is 2.16. The van der Waals surface area contributed by atoms with Gasteiger partial charge < -0.3 is 31.4 Å². The maximum absolute atomic E-state index is 13.5. The number of carbonyl (C=O) groups is 5. The molecule has 0 aliphatic rings. The van der Waals surface area contributed by atoms with Gasteiger partial charge in [0.1, 0.15) is 12.1 Å². The first-order chi connectivity index (χ1) is 25.9. The van der Waals surface area contributed by atoms with E-state index < -0.39 is 66.3 Å². The number of carboxylic acid groups (broad SMARTS) is 1. The monoisotopic (exact) mass is 743 g/mol. The first-order valence-electron chi connectivity index (χ1n) is 17.4. The highest BCUT2D eigenvalue weighted by Gasteiger charge is 2.30. The first-order valence-corrected chi connectivity index (χ1v) is 17.4. The predicted molar refractivity (Wildman–Crippen MR) is 196 cm³/mol. The Morgan fingerprint density at radius 2 is 1.30 bits per heavy atom. The quantitative estimate of drug-likeness (QED) is 0.0798. The third-order valence-electron chi connectivity index (χ3n) is 8.85. The van der Waals surface area contributed by atoms with Gasteiger partial charge in [-0.15, -0.1) is 0 Å². The number of alkyl halides is 3. The van der Waals surface area contributed by atoms with Crippen molar-refractivity contribution < 1.29 is 42.3 Å². The number of benzene rings is 4. The van der Waals surface area contributed by atoms with Gasteiger partial charge in [-0.3, -0.25) is 24.0 Å². The second-order valence-corrected chi connectivity index (χ2v) is 12.9. The van der Waals surface area contributed by atoms with Crippen LogP contribution >= 0.6 is 0 Å². The molecular formula is C40H40F3N5O6. The fourth-order valence-corrected chi connectivity index (χ4v) is 6.08. The number of para-hydroxylation sites is 1. The van der Waals surface area contributed by atoms with Gasteiger partial charge in [0.15, 0.2) is 0 Å². The lowest BCUT2D eigenvalue weighted by molar-refractivity contribution is -0.140. The highest BCUT2D eigenvalue weighted by molar-refractivity contribution is 5.93. The van der Waals surface area contributed by atoms with E-state index in [0.717, 1.165) is 44.9 Å². The number of nitrogens with one attached hydrogen (secondary N) is 5. The summed E-state index contributed by atoms with van der Waals surface area (Å²) < 4.78 is 39.1. The van der Waals surface area contributed by atoms with Crippen LogP contribution in [0.15, 0.2) is 97.2 Å². The van der Waals surface area contributed by atoms with Gasteiger partial charge in [-0.2, -0.15) is 13.2 Å². The molecule has 6 N–H and O–H groups in total. The Hall–Kier alpha value is -6.18. The number of hydrogen-bond acceptors (Lipinski definition) is 5. The van der Waals surface area contributed by atoms with Crippen molar-refractivity contribution in [3.63, 3.8) is 0 Å². The molecule has 4 aromatic carbocycles. The van der Waals surface area contributed by atoms with Crippen LogP contribution in [-0.4, -0.2) is 64.9 Å². The number of carboxylic acids is 1. The zero-order valence-electron chi connectivity index (χ0n) is 29.2. The molecule has 14 heteroatoms. The molecule has 0 spiro atoms. The summed E-state index contributed by atoms with van der Waals surface area (Å²) in [6, 6.07) is 23.7. The van der Waals surface area contributed by atoms with Crippen LogP contribution in [0.2, 0.25) is 0 Å². The van der Waals surface area contributed by atoms with Crippen molar-refractivity contribution in [2.24, 2.45) is 0 Å².